The molecule has 0 fully saturated rings. The first-order valence-electron chi connectivity index (χ1n) is 6.61. The van der Waals surface area contributed by atoms with Crippen molar-refractivity contribution in [3.63, 3.8) is 0 Å². The van der Waals surface area contributed by atoms with Crippen molar-refractivity contribution in [2.45, 2.75) is 45.2 Å². The van der Waals surface area contributed by atoms with Crippen LogP contribution in [0.3, 0.4) is 0 Å². The van der Waals surface area contributed by atoms with Crippen LogP contribution in [0.25, 0.3) is 0 Å². The predicted octanol–water partition coefficient (Wildman–Crippen LogP) is 1.69. The van der Waals surface area contributed by atoms with Crippen molar-refractivity contribution >= 4 is 0 Å². The standard InChI is InChI=1S/C14H18N6/c1-3-6-19-14(2,10-17)5-4-7-20-11-18-12(8-15)13(20)9-16/h11,19H,3-7H2,1-2H3. The van der Waals surface area contributed by atoms with Gasteiger partial charge < -0.3 is 4.57 Å². The lowest BCUT2D eigenvalue weighted by Crippen LogP contribution is -2.41. The summed E-state index contributed by atoms with van der Waals surface area (Å²) in [5.41, 5.74) is -0.117. The Morgan fingerprint density at radius 1 is 1.35 bits per heavy atom. The fourth-order valence-electron chi connectivity index (χ4n) is 1.94. The molecule has 1 atom stereocenters. The van der Waals surface area contributed by atoms with E-state index < -0.39 is 5.54 Å². The Hall–Kier alpha value is -2.36. The zero-order chi connectivity index (χ0) is 15.0. The smallest absolute Gasteiger partial charge is 0.176 e. The third kappa shape index (κ3) is 3.82. The molecule has 0 amide bonds. The molecular formula is C14H18N6. The molecule has 0 bridgehead atoms. The highest BCUT2D eigenvalue weighted by molar-refractivity contribution is 5.35. The lowest BCUT2D eigenvalue weighted by molar-refractivity contribution is 0.394. The maximum absolute atomic E-state index is 9.22. The first kappa shape index (κ1) is 15.7. The van der Waals surface area contributed by atoms with Gasteiger partial charge >= 0.3 is 0 Å². The van der Waals surface area contributed by atoms with Gasteiger partial charge in [0, 0.05) is 6.54 Å². The maximum Gasteiger partial charge on any atom is 0.176 e. The van der Waals surface area contributed by atoms with Crippen LogP contribution in [0.5, 0.6) is 0 Å². The average Bonchev–Trinajstić information content (AvgIpc) is 2.87. The molecule has 1 unspecified atom stereocenters. The Balaban J connectivity index is 2.61. The summed E-state index contributed by atoms with van der Waals surface area (Å²) >= 11 is 0. The number of nitrogens with one attached hydrogen (secondary N) is 1. The van der Waals surface area contributed by atoms with E-state index in [1.54, 1.807) is 4.57 Å². The summed E-state index contributed by atoms with van der Waals surface area (Å²) in [6.07, 6.45) is 3.88. The summed E-state index contributed by atoms with van der Waals surface area (Å²) in [4.78, 5) is 3.89. The second-order valence-corrected chi connectivity index (χ2v) is 4.83. The van der Waals surface area contributed by atoms with Crippen molar-refractivity contribution in [2.75, 3.05) is 6.54 Å². The van der Waals surface area contributed by atoms with Crippen molar-refractivity contribution in [1.29, 1.82) is 15.8 Å². The van der Waals surface area contributed by atoms with Crippen LogP contribution in [-0.4, -0.2) is 21.6 Å². The topological polar surface area (TPSA) is 101 Å². The Bertz CT molecular complexity index is 568. The van der Waals surface area contributed by atoms with Gasteiger partial charge in [-0.05, 0) is 32.7 Å². The number of hydrogen-bond acceptors (Lipinski definition) is 5. The van der Waals surface area contributed by atoms with Crippen LogP contribution in [0.15, 0.2) is 6.33 Å². The van der Waals surface area contributed by atoms with Crippen LogP contribution in [0, 0.1) is 34.0 Å². The zero-order valence-corrected chi connectivity index (χ0v) is 11.8. The fourth-order valence-corrected chi connectivity index (χ4v) is 1.94. The van der Waals surface area contributed by atoms with Crippen molar-refractivity contribution < 1.29 is 0 Å². The Morgan fingerprint density at radius 3 is 2.65 bits per heavy atom. The molecule has 0 spiro atoms. The van der Waals surface area contributed by atoms with Gasteiger partial charge in [-0.1, -0.05) is 6.92 Å². The number of aryl methyl sites for hydroxylation is 1. The largest absolute Gasteiger partial charge is 0.321 e. The van der Waals surface area contributed by atoms with E-state index in [0.717, 1.165) is 19.4 Å². The summed E-state index contributed by atoms with van der Waals surface area (Å²) in [7, 11) is 0. The monoisotopic (exact) mass is 270 g/mol. The van der Waals surface area contributed by atoms with E-state index >= 15 is 0 Å². The Kier molecular flexibility index (Phi) is 5.72. The second-order valence-electron chi connectivity index (χ2n) is 4.83. The van der Waals surface area contributed by atoms with Gasteiger partial charge in [-0.3, -0.25) is 5.32 Å². The average molecular weight is 270 g/mol. The highest BCUT2D eigenvalue weighted by Gasteiger charge is 2.22. The van der Waals surface area contributed by atoms with Gasteiger partial charge in [0.1, 0.15) is 17.7 Å². The van der Waals surface area contributed by atoms with Crippen LogP contribution in [0.2, 0.25) is 0 Å². The molecular weight excluding hydrogens is 252 g/mol. The SMILES string of the molecule is CCCNC(C)(C#N)CCCn1cnc(C#N)c1C#N. The molecule has 0 aliphatic rings. The summed E-state index contributed by atoms with van der Waals surface area (Å²) in [6, 6.07) is 6.17. The minimum absolute atomic E-state index is 0.152. The molecule has 0 saturated carbocycles. The van der Waals surface area contributed by atoms with Crippen LogP contribution < -0.4 is 5.32 Å². The van der Waals surface area contributed by atoms with E-state index in [4.69, 9.17) is 10.5 Å². The predicted molar refractivity (Wildman–Crippen MR) is 73.2 cm³/mol. The maximum atomic E-state index is 9.22. The fraction of sp³-hybridized carbons (Fsp3) is 0.571. The lowest BCUT2D eigenvalue weighted by atomic mass is 9.97. The van der Waals surface area contributed by atoms with Crippen LogP contribution in [0.1, 0.15) is 44.5 Å². The van der Waals surface area contributed by atoms with Crippen LogP contribution in [0.4, 0.5) is 0 Å². The van der Waals surface area contributed by atoms with Crippen molar-refractivity contribution in [3.8, 4) is 18.2 Å². The molecule has 1 aromatic rings. The van der Waals surface area contributed by atoms with Crippen molar-refractivity contribution in [2.24, 2.45) is 0 Å². The first-order valence-corrected chi connectivity index (χ1v) is 6.61. The molecule has 0 aliphatic heterocycles. The molecule has 0 aromatic carbocycles. The van der Waals surface area contributed by atoms with E-state index in [9.17, 15) is 5.26 Å². The molecule has 6 nitrogen and oxygen atoms in total. The number of rotatable bonds is 7. The molecule has 20 heavy (non-hydrogen) atoms. The third-order valence-electron chi connectivity index (χ3n) is 3.14. The van der Waals surface area contributed by atoms with Gasteiger partial charge in [-0.2, -0.15) is 15.8 Å². The van der Waals surface area contributed by atoms with Gasteiger partial charge in [-0.15, -0.1) is 0 Å². The molecule has 0 radical (unpaired) electrons. The Morgan fingerprint density at radius 2 is 2.10 bits per heavy atom. The van der Waals surface area contributed by atoms with Gasteiger partial charge in [0.05, 0.1) is 12.4 Å². The number of aromatic nitrogens is 2. The lowest BCUT2D eigenvalue weighted by Gasteiger charge is -2.23. The number of imidazole rings is 1. The van der Waals surface area contributed by atoms with E-state index in [2.05, 4.69) is 23.3 Å². The molecule has 0 saturated heterocycles. The highest BCUT2D eigenvalue weighted by Crippen LogP contribution is 2.14. The van der Waals surface area contributed by atoms with Gasteiger partial charge in [0.2, 0.25) is 0 Å². The number of hydrogen-bond donors (Lipinski definition) is 1. The number of nitrogens with zero attached hydrogens (tertiary/aromatic N) is 5. The quantitative estimate of drug-likeness (QED) is 0.812. The summed E-state index contributed by atoms with van der Waals surface area (Å²) in [5.74, 6) is 0. The van der Waals surface area contributed by atoms with Crippen molar-refractivity contribution in [3.05, 3.63) is 17.7 Å². The van der Waals surface area contributed by atoms with Gasteiger partial charge in [0.25, 0.3) is 0 Å². The minimum Gasteiger partial charge on any atom is -0.321 e. The number of nitriles is 3. The Labute approximate surface area is 119 Å². The first-order chi connectivity index (χ1) is 9.60. The van der Waals surface area contributed by atoms with E-state index in [1.807, 2.05) is 19.1 Å². The summed E-state index contributed by atoms with van der Waals surface area (Å²) < 4.78 is 1.66. The zero-order valence-electron chi connectivity index (χ0n) is 11.8. The van der Waals surface area contributed by atoms with E-state index in [1.165, 1.54) is 6.33 Å². The molecule has 1 rings (SSSR count). The minimum atomic E-state index is -0.554. The third-order valence-corrected chi connectivity index (χ3v) is 3.14. The molecule has 1 N–H and O–H groups in total. The van der Waals surface area contributed by atoms with Crippen LogP contribution >= 0.6 is 0 Å². The van der Waals surface area contributed by atoms with Crippen LogP contribution in [-0.2, 0) is 6.54 Å². The van der Waals surface area contributed by atoms with E-state index in [-0.39, 0.29) is 11.4 Å². The molecule has 6 heteroatoms. The van der Waals surface area contributed by atoms with E-state index in [0.29, 0.717) is 13.0 Å². The molecule has 104 valence electrons. The summed E-state index contributed by atoms with van der Waals surface area (Å²) in [6.45, 7) is 5.31. The highest BCUT2D eigenvalue weighted by atomic mass is 15.1. The normalized spacial score (nSPS) is 12.9. The molecule has 0 aliphatic carbocycles. The molecule has 1 aromatic heterocycles. The summed E-state index contributed by atoms with van der Waals surface area (Å²) in [5, 5.41) is 30.3. The second kappa shape index (κ2) is 7.28. The van der Waals surface area contributed by atoms with Crippen molar-refractivity contribution in [1.82, 2.24) is 14.9 Å². The van der Waals surface area contributed by atoms with Gasteiger partial charge in [-0.25, -0.2) is 4.98 Å². The molecule has 1 heterocycles. The van der Waals surface area contributed by atoms with Gasteiger partial charge in [0.15, 0.2) is 11.4 Å².